The van der Waals surface area contributed by atoms with E-state index in [-0.39, 0.29) is 16.7 Å². The van der Waals surface area contributed by atoms with Gasteiger partial charge in [-0.25, -0.2) is 8.42 Å². The van der Waals surface area contributed by atoms with Gasteiger partial charge in [0.25, 0.3) is 0 Å². The van der Waals surface area contributed by atoms with E-state index in [0.29, 0.717) is 6.42 Å². The number of anilines is 1. The molecule has 1 aliphatic rings. The second-order valence-electron chi connectivity index (χ2n) is 9.08. The van der Waals surface area contributed by atoms with Crippen molar-refractivity contribution in [3.63, 3.8) is 0 Å². The van der Waals surface area contributed by atoms with Crippen LogP contribution in [0.3, 0.4) is 0 Å². The maximum atomic E-state index is 13.2. The number of thioether (sulfide) groups is 1. The maximum absolute atomic E-state index is 13.2. The lowest BCUT2D eigenvalue weighted by Crippen LogP contribution is -2.44. The molecule has 3 rings (SSSR count). The monoisotopic (exact) mass is 489 g/mol. The lowest BCUT2D eigenvalue weighted by Gasteiger charge is -2.27. The summed E-state index contributed by atoms with van der Waals surface area (Å²) in [4.78, 5) is 15.8. The van der Waals surface area contributed by atoms with Crippen molar-refractivity contribution in [2.75, 3.05) is 29.9 Å². The number of sulfonamides is 1. The van der Waals surface area contributed by atoms with E-state index in [9.17, 15) is 13.2 Å². The van der Waals surface area contributed by atoms with Gasteiger partial charge in [0.15, 0.2) is 0 Å². The largest absolute Gasteiger partial charge is 0.324 e. The first kappa shape index (κ1) is 25.7. The Morgan fingerprint density at radius 1 is 1.06 bits per heavy atom. The predicted molar refractivity (Wildman–Crippen MR) is 137 cm³/mol. The van der Waals surface area contributed by atoms with Crippen molar-refractivity contribution >= 4 is 33.4 Å². The average Bonchev–Trinajstić information content (AvgIpc) is 2.76. The third-order valence-corrected chi connectivity index (χ3v) is 8.28. The first-order valence-corrected chi connectivity index (χ1v) is 14.1. The Balaban J connectivity index is 1.76. The quantitative estimate of drug-likeness (QED) is 0.552. The molecule has 1 fully saturated rings. The number of hydrogen-bond donors (Lipinski definition) is 2. The van der Waals surface area contributed by atoms with Crippen molar-refractivity contribution in [2.24, 2.45) is 5.92 Å². The molecule has 8 heteroatoms. The maximum Gasteiger partial charge on any atom is 0.242 e. The van der Waals surface area contributed by atoms with Gasteiger partial charge in [-0.3, -0.25) is 9.69 Å². The third-order valence-electron chi connectivity index (χ3n) is 5.85. The van der Waals surface area contributed by atoms with Crippen LogP contribution in [0.2, 0.25) is 0 Å². The number of carbonyl (C=O) groups excluding carboxylic acids is 1. The van der Waals surface area contributed by atoms with E-state index in [1.54, 1.807) is 24.3 Å². The topological polar surface area (TPSA) is 78.5 Å². The molecule has 0 spiro atoms. The summed E-state index contributed by atoms with van der Waals surface area (Å²) in [6.07, 6.45) is 0.404. The van der Waals surface area contributed by atoms with Crippen LogP contribution in [0.4, 0.5) is 5.69 Å². The van der Waals surface area contributed by atoms with Gasteiger partial charge in [0.1, 0.15) is 6.04 Å². The van der Waals surface area contributed by atoms with Gasteiger partial charge < -0.3 is 5.32 Å². The summed E-state index contributed by atoms with van der Waals surface area (Å²) in [5.74, 6) is 2.10. The standard InChI is InChI=1S/C25H35N3O3S2/c1-18(2)16-24(27-33(30,31)22-10-8-19(3)9-11-22)25(29)26-23-7-5-6-21(20(23)4)17-28-12-14-32-15-13-28/h5-11,18,24,27H,12-17H2,1-4H3,(H,26,29). The smallest absolute Gasteiger partial charge is 0.242 e. The zero-order chi connectivity index (χ0) is 24.0. The zero-order valence-electron chi connectivity index (χ0n) is 19.9. The number of nitrogens with one attached hydrogen (secondary N) is 2. The Morgan fingerprint density at radius 3 is 2.36 bits per heavy atom. The highest BCUT2D eigenvalue weighted by Gasteiger charge is 2.27. The molecule has 6 nitrogen and oxygen atoms in total. The van der Waals surface area contributed by atoms with Gasteiger partial charge in [-0.15, -0.1) is 0 Å². The van der Waals surface area contributed by atoms with Gasteiger partial charge in [0.05, 0.1) is 4.90 Å². The number of rotatable bonds is 9. The molecule has 0 saturated carbocycles. The lowest BCUT2D eigenvalue weighted by molar-refractivity contribution is -0.118. The number of hydrogen-bond acceptors (Lipinski definition) is 5. The van der Waals surface area contributed by atoms with Crippen LogP contribution in [0.5, 0.6) is 0 Å². The first-order chi connectivity index (χ1) is 15.7. The Morgan fingerprint density at radius 2 is 1.73 bits per heavy atom. The van der Waals surface area contributed by atoms with Gasteiger partial charge in [0, 0.05) is 36.8 Å². The predicted octanol–water partition coefficient (Wildman–Crippen LogP) is 4.18. The van der Waals surface area contributed by atoms with E-state index in [0.717, 1.165) is 48.0 Å². The Labute approximate surface area is 202 Å². The third kappa shape index (κ3) is 7.30. The summed E-state index contributed by atoms with van der Waals surface area (Å²) < 4.78 is 28.5. The highest BCUT2D eigenvalue weighted by Crippen LogP contribution is 2.23. The molecule has 1 aliphatic heterocycles. The van der Waals surface area contributed by atoms with Gasteiger partial charge in [-0.05, 0) is 55.5 Å². The van der Waals surface area contributed by atoms with Crippen molar-refractivity contribution in [2.45, 2.75) is 51.6 Å². The highest BCUT2D eigenvalue weighted by molar-refractivity contribution is 7.99. The summed E-state index contributed by atoms with van der Waals surface area (Å²) in [6.45, 7) is 10.9. The Hall–Kier alpha value is -1.87. The van der Waals surface area contributed by atoms with Crippen LogP contribution in [-0.4, -0.2) is 49.9 Å². The molecule has 180 valence electrons. The molecule has 33 heavy (non-hydrogen) atoms. The second-order valence-corrected chi connectivity index (χ2v) is 12.0. The van der Waals surface area contributed by atoms with Gasteiger partial charge >= 0.3 is 0 Å². The fourth-order valence-corrected chi connectivity index (χ4v) is 6.05. The van der Waals surface area contributed by atoms with E-state index < -0.39 is 16.1 Å². The average molecular weight is 490 g/mol. The number of amides is 1. The molecular formula is C25H35N3O3S2. The van der Waals surface area contributed by atoms with Crippen LogP contribution in [0.25, 0.3) is 0 Å². The molecule has 0 aliphatic carbocycles. The summed E-state index contributed by atoms with van der Waals surface area (Å²) in [5, 5.41) is 2.99. The number of nitrogens with zero attached hydrogens (tertiary/aromatic N) is 1. The van der Waals surface area contributed by atoms with E-state index in [1.807, 2.05) is 51.6 Å². The fourth-order valence-electron chi connectivity index (χ4n) is 3.86. The van der Waals surface area contributed by atoms with E-state index in [1.165, 1.54) is 5.56 Å². The van der Waals surface area contributed by atoms with Crippen LogP contribution in [0.15, 0.2) is 47.4 Å². The van der Waals surface area contributed by atoms with E-state index >= 15 is 0 Å². The minimum Gasteiger partial charge on any atom is -0.324 e. The minimum atomic E-state index is -3.82. The van der Waals surface area contributed by atoms with Crippen LogP contribution in [0, 0.1) is 19.8 Å². The Bertz CT molecular complexity index is 1050. The van der Waals surface area contributed by atoms with Crippen LogP contribution in [0.1, 0.15) is 37.0 Å². The molecule has 1 unspecified atom stereocenters. The first-order valence-electron chi connectivity index (χ1n) is 11.4. The summed E-state index contributed by atoms with van der Waals surface area (Å²) >= 11 is 1.98. The fraction of sp³-hybridized carbons (Fsp3) is 0.480. The van der Waals surface area contributed by atoms with Crippen LogP contribution in [-0.2, 0) is 21.4 Å². The molecule has 0 radical (unpaired) electrons. The van der Waals surface area contributed by atoms with Crippen LogP contribution < -0.4 is 10.0 Å². The molecule has 2 N–H and O–H groups in total. The minimum absolute atomic E-state index is 0.144. The van der Waals surface area contributed by atoms with Crippen molar-refractivity contribution in [3.8, 4) is 0 Å². The molecule has 2 aromatic carbocycles. The molecule has 1 heterocycles. The van der Waals surface area contributed by atoms with Gasteiger partial charge in [0.2, 0.25) is 15.9 Å². The summed E-state index contributed by atoms with van der Waals surface area (Å²) in [5.41, 5.74) is 3.91. The molecule has 0 aromatic heterocycles. The SMILES string of the molecule is Cc1ccc(S(=O)(=O)NC(CC(C)C)C(=O)Nc2cccc(CN3CCSCC3)c2C)cc1. The van der Waals surface area contributed by atoms with Crippen molar-refractivity contribution in [1.29, 1.82) is 0 Å². The van der Waals surface area contributed by atoms with Crippen molar-refractivity contribution in [1.82, 2.24) is 9.62 Å². The summed E-state index contributed by atoms with van der Waals surface area (Å²) in [6, 6.07) is 11.7. The second kappa shape index (κ2) is 11.5. The number of carbonyl (C=O) groups is 1. The van der Waals surface area contributed by atoms with Crippen LogP contribution >= 0.6 is 11.8 Å². The number of benzene rings is 2. The molecule has 2 aromatic rings. The van der Waals surface area contributed by atoms with Crippen molar-refractivity contribution in [3.05, 3.63) is 59.2 Å². The lowest BCUT2D eigenvalue weighted by atomic mass is 10.0. The summed E-state index contributed by atoms with van der Waals surface area (Å²) in [7, 11) is -3.82. The zero-order valence-corrected chi connectivity index (χ0v) is 21.6. The van der Waals surface area contributed by atoms with Crippen molar-refractivity contribution < 1.29 is 13.2 Å². The molecule has 1 saturated heterocycles. The molecule has 1 amide bonds. The van der Waals surface area contributed by atoms with E-state index in [2.05, 4.69) is 21.0 Å². The highest BCUT2D eigenvalue weighted by atomic mass is 32.2. The molecular weight excluding hydrogens is 454 g/mol. The molecule has 1 atom stereocenters. The number of aryl methyl sites for hydroxylation is 1. The molecule has 0 bridgehead atoms. The normalized spacial score (nSPS) is 16.0. The van der Waals surface area contributed by atoms with Gasteiger partial charge in [-0.1, -0.05) is 43.7 Å². The Kier molecular flexibility index (Phi) is 8.98. The van der Waals surface area contributed by atoms with E-state index in [4.69, 9.17) is 0 Å². The van der Waals surface area contributed by atoms with Gasteiger partial charge in [-0.2, -0.15) is 16.5 Å².